The molecular formula is C18H29ClN2. The van der Waals surface area contributed by atoms with Gasteiger partial charge >= 0.3 is 0 Å². The Morgan fingerprint density at radius 3 is 2.76 bits per heavy atom. The van der Waals surface area contributed by atoms with Crippen LogP contribution in [0.15, 0.2) is 18.2 Å². The number of aryl methyl sites for hydroxylation is 1. The van der Waals surface area contributed by atoms with E-state index in [2.05, 4.69) is 50.2 Å². The molecular weight excluding hydrogens is 280 g/mol. The molecule has 2 unspecified atom stereocenters. The Morgan fingerprint density at radius 1 is 1.33 bits per heavy atom. The van der Waals surface area contributed by atoms with Crippen molar-refractivity contribution in [2.24, 2.45) is 5.92 Å². The number of hydrogen-bond donors (Lipinski definition) is 1. The third-order valence-electron chi connectivity index (χ3n) is 4.60. The predicted molar refractivity (Wildman–Crippen MR) is 92.0 cm³/mol. The van der Waals surface area contributed by atoms with Gasteiger partial charge in [-0.1, -0.05) is 37.9 Å². The quantitative estimate of drug-likeness (QED) is 0.886. The molecule has 118 valence electrons. The minimum atomic E-state index is 0.496. The second-order valence-corrected chi connectivity index (χ2v) is 7.18. The summed E-state index contributed by atoms with van der Waals surface area (Å²) in [6.07, 6.45) is 3.94. The SMILES string of the molecule is Cc1cc(Cl)ccc1C1C(CNC(C)C)CCCCN1C. The molecule has 1 heterocycles. The van der Waals surface area contributed by atoms with Gasteiger partial charge in [-0.3, -0.25) is 4.90 Å². The zero-order valence-electron chi connectivity index (χ0n) is 13.8. The molecule has 1 saturated heterocycles. The molecule has 2 nitrogen and oxygen atoms in total. The van der Waals surface area contributed by atoms with Gasteiger partial charge in [-0.25, -0.2) is 0 Å². The number of nitrogens with zero attached hydrogens (tertiary/aromatic N) is 1. The Hall–Kier alpha value is -0.570. The maximum absolute atomic E-state index is 6.14. The molecule has 1 N–H and O–H groups in total. The van der Waals surface area contributed by atoms with Gasteiger partial charge in [0.1, 0.15) is 0 Å². The smallest absolute Gasteiger partial charge is 0.0408 e. The highest BCUT2D eigenvalue weighted by atomic mass is 35.5. The first-order valence-electron chi connectivity index (χ1n) is 8.18. The molecule has 3 heteroatoms. The van der Waals surface area contributed by atoms with Crippen molar-refractivity contribution in [3.8, 4) is 0 Å². The summed E-state index contributed by atoms with van der Waals surface area (Å²) in [4.78, 5) is 2.54. The monoisotopic (exact) mass is 308 g/mol. The minimum Gasteiger partial charge on any atom is -0.314 e. The average molecular weight is 309 g/mol. The molecule has 2 atom stereocenters. The first-order chi connectivity index (χ1) is 9.99. The largest absolute Gasteiger partial charge is 0.314 e. The maximum atomic E-state index is 6.14. The van der Waals surface area contributed by atoms with E-state index in [1.807, 2.05) is 6.07 Å². The standard InChI is InChI=1S/C18H29ClN2/c1-13(2)20-12-15-7-5-6-10-21(4)18(15)17-9-8-16(19)11-14(17)3/h8-9,11,13,15,18,20H,5-7,10,12H2,1-4H3. The van der Waals surface area contributed by atoms with Crippen molar-refractivity contribution in [2.75, 3.05) is 20.1 Å². The van der Waals surface area contributed by atoms with E-state index < -0.39 is 0 Å². The lowest BCUT2D eigenvalue weighted by molar-refractivity contribution is 0.186. The van der Waals surface area contributed by atoms with E-state index in [9.17, 15) is 0 Å². The van der Waals surface area contributed by atoms with Crippen LogP contribution in [0, 0.1) is 12.8 Å². The highest BCUT2D eigenvalue weighted by molar-refractivity contribution is 6.30. The molecule has 1 aliphatic heterocycles. The van der Waals surface area contributed by atoms with Gasteiger partial charge in [0.15, 0.2) is 0 Å². The highest BCUT2D eigenvalue weighted by Crippen LogP contribution is 2.36. The Morgan fingerprint density at radius 2 is 2.10 bits per heavy atom. The van der Waals surface area contributed by atoms with Crippen molar-refractivity contribution < 1.29 is 0 Å². The van der Waals surface area contributed by atoms with E-state index >= 15 is 0 Å². The molecule has 1 aromatic rings. The van der Waals surface area contributed by atoms with Crippen molar-refractivity contribution in [3.05, 3.63) is 34.3 Å². The molecule has 0 bridgehead atoms. The van der Waals surface area contributed by atoms with Crippen molar-refractivity contribution in [1.29, 1.82) is 0 Å². The number of likely N-dealkylation sites (tertiary alicyclic amines) is 1. The summed E-state index contributed by atoms with van der Waals surface area (Å²) in [6, 6.07) is 7.41. The molecule has 0 aliphatic carbocycles. The van der Waals surface area contributed by atoms with Gasteiger partial charge in [0.25, 0.3) is 0 Å². The fraction of sp³-hybridized carbons (Fsp3) is 0.667. The van der Waals surface area contributed by atoms with Crippen LogP contribution in [0.5, 0.6) is 0 Å². The molecule has 1 aromatic carbocycles. The maximum Gasteiger partial charge on any atom is 0.0408 e. The number of benzene rings is 1. The summed E-state index contributed by atoms with van der Waals surface area (Å²) >= 11 is 6.14. The van der Waals surface area contributed by atoms with E-state index in [0.29, 0.717) is 18.0 Å². The summed E-state index contributed by atoms with van der Waals surface area (Å²) in [6.45, 7) is 8.92. The van der Waals surface area contributed by atoms with Gasteiger partial charge in [0, 0.05) is 23.7 Å². The van der Waals surface area contributed by atoms with Gasteiger partial charge in [0.2, 0.25) is 0 Å². The lowest BCUT2D eigenvalue weighted by Crippen LogP contribution is -2.37. The van der Waals surface area contributed by atoms with Crippen LogP contribution in [-0.2, 0) is 0 Å². The first kappa shape index (κ1) is 16.8. The van der Waals surface area contributed by atoms with Crippen molar-refractivity contribution >= 4 is 11.6 Å². The van der Waals surface area contributed by atoms with Gasteiger partial charge in [-0.05, 0) is 62.5 Å². The number of halogens is 1. The molecule has 0 amide bonds. The summed E-state index contributed by atoms with van der Waals surface area (Å²) in [5.41, 5.74) is 2.76. The van der Waals surface area contributed by atoms with Crippen LogP contribution in [0.4, 0.5) is 0 Å². The Bertz CT molecular complexity index is 459. The lowest BCUT2D eigenvalue weighted by Gasteiger charge is -2.34. The van der Waals surface area contributed by atoms with E-state index in [4.69, 9.17) is 11.6 Å². The van der Waals surface area contributed by atoms with Crippen LogP contribution in [0.1, 0.15) is 50.3 Å². The van der Waals surface area contributed by atoms with Gasteiger partial charge in [-0.15, -0.1) is 0 Å². The van der Waals surface area contributed by atoms with Crippen LogP contribution in [0.25, 0.3) is 0 Å². The van der Waals surface area contributed by atoms with E-state index in [1.54, 1.807) is 0 Å². The Labute approximate surface area is 134 Å². The van der Waals surface area contributed by atoms with E-state index in [-0.39, 0.29) is 0 Å². The lowest BCUT2D eigenvalue weighted by atomic mass is 9.87. The fourth-order valence-electron chi connectivity index (χ4n) is 3.49. The average Bonchev–Trinajstić information content (AvgIpc) is 2.59. The fourth-order valence-corrected chi connectivity index (χ4v) is 3.71. The van der Waals surface area contributed by atoms with Crippen LogP contribution >= 0.6 is 11.6 Å². The molecule has 0 saturated carbocycles. The second kappa shape index (κ2) is 7.62. The predicted octanol–water partition coefficient (Wildman–Crippen LogP) is 4.42. The molecule has 0 spiro atoms. The third kappa shape index (κ3) is 4.45. The first-order valence-corrected chi connectivity index (χ1v) is 8.56. The summed E-state index contributed by atoms with van der Waals surface area (Å²) in [5, 5.41) is 4.48. The molecule has 1 aliphatic rings. The van der Waals surface area contributed by atoms with Crippen molar-refractivity contribution in [1.82, 2.24) is 10.2 Å². The van der Waals surface area contributed by atoms with Gasteiger partial charge in [-0.2, -0.15) is 0 Å². The van der Waals surface area contributed by atoms with Gasteiger partial charge < -0.3 is 5.32 Å². The normalized spacial score (nSPS) is 24.3. The molecule has 21 heavy (non-hydrogen) atoms. The zero-order chi connectivity index (χ0) is 15.4. The summed E-state index contributed by atoms with van der Waals surface area (Å²) in [5.74, 6) is 0.666. The number of nitrogens with one attached hydrogen (secondary N) is 1. The molecule has 1 fully saturated rings. The van der Waals surface area contributed by atoms with Crippen molar-refractivity contribution in [3.63, 3.8) is 0 Å². The number of hydrogen-bond acceptors (Lipinski definition) is 2. The Balaban J connectivity index is 2.27. The molecule has 2 rings (SSSR count). The van der Waals surface area contributed by atoms with Crippen LogP contribution < -0.4 is 5.32 Å². The topological polar surface area (TPSA) is 15.3 Å². The summed E-state index contributed by atoms with van der Waals surface area (Å²) < 4.78 is 0. The van der Waals surface area contributed by atoms with Gasteiger partial charge in [0.05, 0.1) is 0 Å². The van der Waals surface area contributed by atoms with Crippen LogP contribution in [-0.4, -0.2) is 31.1 Å². The van der Waals surface area contributed by atoms with E-state index in [0.717, 1.165) is 11.6 Å². The van der Waals surface area contributed by atoms with Crippen LogP contribution in [0.2, 0.25) is 5.02 Å². The van der Waals surface area contributed by atoms with Crippen LogP contribution in [0.3, 0.4) is 0 Å². The van der Waals surface area contributed by atoms with Crippen molar-refractivity contribution in [2.45, 2.75) is 52.1 Å². The second-order valence-electron chi connectivity index (χ2n) is 6.75. The Kier molecular flexibility index (Phi) is 6.09. The number of rotatable bonds is 4. The highest BCUT2D eigenvalue weighted by Gasteiger charge is 2.29. The minimum absolute atomic E-state index is 0.496. The van der Waals surface area contributed by atoms with E-state index in [1.165, 1.54) is 36.9 Å². The zero-order valence-corrected chi connectivity index (χ0v) is 14.6. The molecule has 0 radical (unpaired) electrons. The molecule has 0 aromatic heterocycles. The summed E-state index contributed by atoms with van der Waals surface area (Å²) in [7, 11) is 2.27. The third-order valence-corrected chi connectivity index (χ3v) is 4.83.